The van der Waals surface area contributed by atoms with Gasteiger partial charge in [0.25, 0.3) is 0 Å². The molecule has 0 bridgehead atoms. The van der Waals surface area contributed by atoms with E-state index in [1.165, 1.54) is 12.4 Å². The maximum Gasteiger partial charge on any atom is 0.188 e. The smallest absolute Gasteiger partial charge is 0.188 e. The van der Waals surface area contributed by atoms with E-state index >= 15 is 0 Å². The van der Waals surface area contributed by atoms with E-state index in [0.717, 1.165) is 15.9 Å². The van der Waals surface area contributed by atoms with Gasteiger partial charge < -0.3 is 5.21 Å². The lowest BCUT2D eigenvalue weighted by Gasteiger charge is -1.99. The van der Waals surface area contributed by atoms with Crippen LogP contribution in [0.25, 0.3) is 11.1 Å². The van der Waals surface area contributed by atoms with E-state index in [4.69, 9.17) is 0 Å². The minimum atomic E-state index is 0.787. The normalized spacial score (nSPS) is 9.85. The molecule has 3 nitrogen and oxygen atoms in total. The molecule has 0 aliphatic rings. The van der Waals surface area contributed by atoms with Crippen LogP contribution in [0.15, 0.2) is 49.1 Å². The molecular weight excluding hydrogens is 164 g/mol. The summed E-state index contributed by atoms with van der Waals surface area (Å²) in [6.07, 6.45) is 6.41. The van der Waals surface area contributed by atoms with E-state index in [1.54, 1.807) is 18.5 Å². The van der Waals surface area contributed by atoms with Gasteiger partial charge in [0, 0.05) is 24.0 Å². The van der Waals surface area contributed by atoms with Gasteiger partial charge in [0.05, 0.1) is 0 Å². The molecule has 2 aromatic rings. The van der Waals surface area contributed by atoms with E-state index < -0.39 is 0 Å². The summed E-state index contributed by atoms with van der Waals surface area (Å²) in [7, 11) is 0. The Hall–Kier alpha value is -1.90. The zero-order chi connectivity index (χ0) is 9.10. The highest BCUT2D eigenvalue weighted by Gasteiger charge is 1.98. The van der Waals surface area contributed by atoms with Crippen molar-refractivity contribution < 1.29 is 4.73 Å². The van der Waals surface area contributed by atoms with Crippen molar-refractivity contribution in [3.05, 3.63) is 54.3 Å². The molecule has 0 saturated carbocycles. The van der Waals surface area contributed by atoms with Gasteiger partial charge in [-0.3, -0.25) is 4.98 Å². The Morgan fingerprint density at radius 3 is 2.54 bits per heavy atom. The van der Waals surface area contributed by atoms with Crippen LogP contribution in [-0.4, -0.2) is 4.98 Å². The maximum atomic E-state index is 11.0. The van der Waals surface area contributed by atoms with Crippen molar-refractivity contribution in [3.8, 4) is 11.1 Å². The number of hydrogen-bond acceptors (Lipinski definition) is 2. The average Bonchev–Trinajstić information content (AvgIpc) is 2.19. The summed E-state index contributed by atoms with van der Waals surface area (Å²) >= 11 is 0. The van der Waals surface area contributed by atoms with Crippen molar-refractivity contribution in [2.24, 2.45) is 0 Å². The van der Waals surface area contributed by atoms with Crippen LogP contribution in [0, 0.1) is 5.21 Å². The van der Waals surface area contributed by atoms with E-state index in [1.807, 2.05) is 18.2 Å². The minimum Gasteiger partial charge on any atom is -0.619 e. The first-order chi connectivity index (χ1) is 6.36. The molecular formula is C10H8N2O. The van der Waals surface area contributed by atoms with Crippen LogP contribution < -0.4 is 4.73 Å². The predicted molar refractivity (Wildman–Crippen MR) is 48.6 cm³/mol. The van der Waals surface area contributed by atoms with E-state index in [-0.39, 0.29) is 0 Å². The van der Waals surface area contributed by atoms with Crippen LogP contribution in [-0.2, 0) is 0 Å². The highest BCUT2D eigenvalue weighted by Crippen LogP contribution is 2.14. The fourth-order valence-electron chi connectivity index (χ4n) is 1.17. The summed E-state index contributed by atoms with van der Waals surface area (Å²) in [5, 5.41) is 11.0. The summed E-state index contributed by atoms with van der Waals surface area (Å²) in [6, 6.07) is 7.36. The van der Waals surface area contributed by atoms with Gasteiger partial charge in [-0.1, -0.05) is 0 Å². The SMILES string of the molecule is [O-][n+]1cccc(-c2ccncc2)c1. The Balaban J connectivity index is 2.48. The van der Waals surface area contributed by atoms with Crippen molar-refractivity contribution in [1.82, 2.24) is 4.98 Å². The Labute approximate surface area is 75.9 Å². The van der Waals surface area contributed by atoms with E-state index in [0.29, 0.717) is 0 Å². The second-order valence-corrected chi connectivity index (χ2v) is 2.69. The molecule has 0 fully saturated rings. The van der Waals surface area contributed by atoms with Gasteiger partial charge in [-0.25, -0.2) is 0 Å². The van der Waals surface area contributed by atoms with E-state index in [9.17, 15) is 5.21 Å². The van der Waals surface area contributed by atoms with Gasteiger partial charge in [-0.2, -0.15) is 4.73 Å². The minimum absolute atomic E-state index is 0.787. The fraction of sp³-hybridized carbons (Fsp3) is 0. The Morgan fingerprint density at radius 1 is 1.08 bits per heavy atom. The van der Waals surface area contributed by atoms with Gasteiger partial charge in [0.1, 0.15) is 0 Å². The maximum absolute atomic E-state index is 11.0. The van der Waals surface area contributed by atoms with Gasteiger partial charge in [-0.15, -0.1) is 0 Å². The third-order valence-electron chi connectivity index (χ3n) is 1.79. The lowest BCUT2D eigenvalue weighted by atomic mass is 10.1. The van der Waals surface area contributed by atoms with Crippen molar-refractivity contribution >= 4 is 0 Å². The molecule has 0 aromatic carbocycles. The molecule has 0 radical (unpaired) electrons. The average molecular weight is 172 g/mol. The van der Waals surface area contributed by atoms with Crippen LogP contribution in [0.5, 0.6) is 0 Å². The standard InChI is InChI=1S/C10H8N2O/c13-12-7-1-2-10(8-12)9-3-5-11-6-4-9/h1-8H. The van der Waals surface area contributed by atoms with Crippen molar-refractivity contribution in [2.45, 2.75) is 0 Å². The van der Waals surface area contributed by atoms with Crippen LogP contribution in [0.1, 0.15) is 0 Å². The van der Waals surface area contributed by atoms with Crippen molar-refractivity contribution in [3.63, 3.8) is 0 Å². The molecule has 0 saturated heterocycles. The second kappa shape index (κ2) is 3.23. The number of aromatic nitrogens is 2. The molecule has 0 unspecified atom stereocenters. The third-order valence-corrected chi connectivity index (χ3v) is 1.79. The summed E-state index contributed by atoms with van der Waals surface area (Å²) in [6.45, 7) is 0. The molecule has 0 atom stereocenters. The molecule has 2 aromatic heterocycles. The van der Waals surface area contributed by atoms with Gasteiger partial charge in [-0.05, 0) is 23.8 Å². The van der Waals surface area contributed by atoms with Gasteiger partial charge >= 0.3 is 0 Å². The quantitative estimate of drug-likeness (QED) is 0.481. The first-order valence-electron chi connectivity index (χ1n) is 3.95. The summed E-state index contributed by atoms with van der Waals surface area (Å²) < 4.78 is 0.787. The van der Waals surface area contributed by atoms with Crippen molar-refractivity contribution in [1.29, 1.82) is 0 Å². The Bertz CT molecular complexity index is 401. The molecule has 0 amide bonds. The zero-order valence-corrected chi connectivity index (χ0v) is 6.92. The molecule has 64 valence electrons. The molecule has 2 rings (SSSR count). The molecule has 0 aliphatic heterocycles. The number of pyridine rings is 2. The lowest BCUT2D eigenvalue weighted by molar-refractivity contribution is -0.604. The summed E-state index contributed by atoms with van der Waals surface area (Å²) in [4.78, 5) is 3.91. The topological polar surface area (TPSA) is 39.8 Å². The predicted octanol–water partition coefficient (Wildman–Crippen LogP) is 1.38. The number of nitrogens with zero attached hydrogens (tertiary/aromatic N) is 2. The van der Waals surface area contributed by atoms with Crippen LogP contribution in [0.3, 0.4) is 0 Å². The first kappa shape index (κ1) is 7.73. The second-order valence-electron chi connectivity index (χ2n) is 2.69. The molecule has 13 heavy (non-hydrogen) atoms. The largest absolute Gasteiger partial charge is 0.619 e. The number of rotatable bonds is 1. The molecule has 0 spiro atoms. The van der Waals surface area contributed by atoms with Crippen molar-refractivity contribution in [2.75, 3.05) is 0 Å². The molecule has 3 heteroatoms. The van der Waals surface area contributed by atoms with E-state index in [2.05, 4.69) is 4.98 Å². The van der Waals surface area contributed by atoms with Crippen LogP contribution in [0.4, 0.5) is 0 Å². The highest BCUT2D eigenvalue weighted by molar-refractivity contribution is 5.60. The molecule has 0 aliphatic carbocycles. The summed E-state index contributed by atoms with van der Waals surface area (Å²) in [5.41, 5.74) is 1.90. The highest BCUT2D eigenvalue weighted by atomic mass is 16.5. The first-order valence-corrected chi connectivity index (χ1v) is 3.95. The van der Waals surface area contributed by atoms with Crippen LogP contribution >= 0.6 is 0 Å². The monoisotopic (exact) mass is 172 g/mol. The number of hydrogen-bond donors (Lipinski definition) is 0. The Morgan fingerprint density at radius 2 is 1.85 bits per heavy atom. The zero-order valence-electron chi connectivity index (χ0n) is 6.92. The summed E-state index contributed by atoms with van der Waals surface area (Å²) in [5.74, 6) is 0. The van der Waals surface area contributed by atoms with Gasteiger partial charge in [0.15, 0.2) is 12.4 Å². The fourth-order valence-corrected chi connectivity index (χ4v) is 1.17. The molecule has 0 N–H and O–H groups in total. The van der Waals surface area contributed by atoms with Gasteiger partial charge in [0.2, 0.25) is 0 Å². The lowest BCUT2D eigenvalue weighted by Crippen LogP contribution is -2.23. The van der Waals surface area contributed by atoms with Crippen LogP contribution in [0.2, 0.25) is 0 Å². The molecule has 2 heterocycles. The third kappa shape index (κ3) is 1.64. The Kier molecular flexibility index (Phi) is 1.92.